The molecule has 0 saturated heterocycles. The molecule has 28 heavy (non-hydrogen) atoms. The molecule has 0 unspecified atom stereocenters. The summed E-state index contributed by atoms with van der Waals surface area (Å²) in [6.45, 7) is 0. The van der Waals surface area contributed by atoms with Crippen molar-refractivity contribution in [3.63, 3.8) is 0 Å². The zero-order valence-corrected chi connectivity index (χ0v) is 16.4. The summed E-state index contributed by atoms with van der Waals surface area (Å²) in [7, 11) is -2.00. The van der Waals surface area contributed by atoms with Crippen LogP contribution in [0.25, 0.3) is 10.1 Å². The first kappa shape index (κ1) is 20.2. The quantitative estimate of drug-likeness (QED) is 0.662. The van der Waals surface area contributed by atoms with Gasteiger partial charge in [-0.3, -0.25) is 9.10 Å². The van der Waals surface area contributed by atoms with Crippen LogP contribution >= 0.6 is 11.3 Å². The first-order chi connectivity index (χ1) is 12.9. The van der Waals surface area contributed by atoms with Gasteiger partial charge in [-0.15, -0.1) is 11.3 Å². The maximum absolute atomic E-state index is 12.8. The molecule has 3 rings (SSSR count). The summed E-state index contributed by atoms with van der Waals surface area (Å²) in [6.07, 6.45) is -3.42. The van der Waals surface area contributed by atoms with Crippen molar-refractivity contribution >= 4 is 48.7 Å². The van der Waals surface area contributed by atoms with Crippen LogP contribution in [0, 0.1) is 0 Å². The van der Waals surface area contributed by atoms with Gasteiger partial charge in [-0.1, -0.05) is 6.07 Å². The van der Waals surface area contributed by atoms with Gasteiger partial charge >= 0.3 is 6.18 Å². The van der Waals surface area contributed by atoms with Crippen LogP contribution in [-0.4, -0.2) is 27.6 Å². The Morgan fingerprint density at radius 2 is 1.82 bits per heavy atom. The van der Waals surface area contributed by atoms with Gasteiger partial charge in [0.1, 0.15) is 0 Å². The van der Waals surface area contributed by atoms with Gasteiger partial charge < -0.3 is 5.32 Å². The van der Waals surface area contributed by atoms with Crippen molar-refractivity contribution in [2.75, 3.05) is 22.9 Å². The number of fused-ring (bicyclic) bond motifs is 1. The summed E-state index contributed by atoms with van der Waals surface area (Å²) < 4.78 is 63.6. The van der Waals surface area contributed by atoms with Crippen molar-refractivity contribution in [1.82, 2.24) is 0 Å². The SMILES string of the molecule is CN(c1ccc2sc(C(=O)Nc3cccc(C(F)(F)F)c3)cc2c1)S(C)(=O)=O. The van der Waals surface area contributed by atoms with Crippen molar-refractivity contribution < 1.29 is 26.4 Å². The van der Waals surface area contributed by atoms with Crippen LogP contribution in [0.3, 0.4) is 0 Å². The molecule has 1 aromatic heterocycles. The third kappa shape index (κ3) is 4.28. The molecule has 0 saturated carbocycles. The van der Waals surface area contributed by atoms with Gasteiger partial charge in [0, 0.05) is 17.4 Å². The fourth-order valence-electron chi connectivity index (χ4n) is 2.50. The van der Waals surface area contributed by atoms with Crippen molar-refractivity contribution in [3.8, 4) is 0 Å². The third-order valence-corrected chi connectivity index (χ3v) is 6.35. The highest BCUT2D eigenvalue weighted by atomic mass is 32.2. The maximum Gasteiger partial charge on any atom is 0.416 e. The topological polar surface area (TPSA) is 66.5 Å². The minimum atomic E-state index is -4.50. The molecule has 0 fully saturated rings. The normalized spacial score (nSPS) is 12.2. The number of sulfonamides is 1. The highest BCUT2D eigenvalue weighted by Crippen LogP contribution is 2.32. The Morgan fingerprint density at radius 1 is 1.11 bits per heavy atom. The predicted octanol–water partition coefficient (Wildman–Crippen LogP) is 4.57. The van der Waals surface area contributed by atoms with Crippen molar-refractivity contribution in [2.24, 2.45) is 0 Å². The summed E-state index contributed by atoms with van der Waals surface area (Å²) in [5.41, 5.74) is -0.373. The van der Waals surface area contributed by atoms with Crippen LogP contribution in [0.1, 0.15) is 15.2 Å². The van der Waals surface area contributed by atoms with E-state index in [1.807, 2.05) is 0 Å². The molecule has 5 nitrogen and oxygen atoms in total. The molecule has 2 aromatic carbocycles. The number of hydrogen-bond donors (Lipinski definition) is 1. The van der Waals surface area contributed by atoms with Crippen LogP contribution in [-0.2, 0) is 16.2 Å². The van der Waals surface area contributed by atoms with Crippen LogP contribution in [0.5, 0.6) is 0 Å². The number of carbonyl (C=O) groups excluding carboxylic acids is 1. The Morgan fingerprint density at radius 3 is 2.46 bits per heavy atom. The number of nitrogens with zero attached hydrogens (tertiary/aromatic N) is 1. The van der Waals surface area contributed by atoms with E-state index in [0.717, 1.165) is 38.7 Å². The zero-order chi connectivity index (χ0) is 20.7. The van der Waals surface area contributed by atoms with Gasteiger partial charge in [-0.2, -0.15) is 13.2 Å². The van der Waals surface area contributed by atoms with E-state index < -0.39 is 27.7 Å². The number of thiophene rings is 1. The Bertz CT molecular complexity index is 1150. The largest absolute Gasteiger partial charge is 0.416 e. The molecule has 0 atom stereocenters. The third-order valence-electron chi connectivity index (χ3n) is 4.03. The van der Waals surface area contributed by atoms with Crippen LogP contribution < -0.4 is 9.62 Å². The second kappa shape index (κ2) is 7.10. The monoisotopic (exact) mass is 428 g/mol. The van der Waals surface area contributed by atoms with Gasteiger partial charge in [0.25, 0.3) is 5.91 Å². The Labute approximate surface area is 163 Å². The van der Waals surface area contributed by atoms with E-state index in [1.165, 1.54) is 19.2 Å². The average Bonchev–Trinajstić information content (AvgIpc) is 3.03. The molecule has 0 spiro atoms. The van der Waals surface area contributed by atoms with Gasteiger partial charge in [-0.25, -0.2) is 8.42 Å². The van der Waals surface area contributed by atoms with E-state index >= 15 is 0 Å². The second-order valence-electron chi connectivity index (χ2n) is 6.10. The van der Waals surface area contributed by atoms with Crippen molar-refractivity contribution in [2.45, 2.75) is 6.18 Å². The fourth-order valence-corrected chi connectivity index (χ4v) is 3.93. The molecule has 0 aliphatic carbocycles. The van der Waals surface area contributed by atoms with Gasteiger partial charge in [-0.05, 0) is 47.9 Å². The Balaban J connectivity index is 1.87. The Hall–Kier alpha value is -2.59. The van der Waals surface area contributed by atoms with Crippen LogP contribution in [0.15, 0.2) is 48.5 Å². The highest BCUT2D eigenvalue weighted by molar-refractivity contribution is 7.92. The van der Waals surface area contributed by atoms with Crippen LogP contribution in [0.2, 0.25) is 0 Å². The molecular weight excluding hydrogens is 413 g/mol. The number of anilines is 2. The van der Waals surface area contributed by atoms with Gasteiger partial charge in [0.2, 0.25) is 10.0 Å². The van der Waals surface area contributed by atoms with Gasteiger partial charge in [0.05, 0.1) is 22.4 Å². The lowest BCUT2D eigenvalue weighted by Gasteiger charge is -2.16. The van der Waals surface area contributed by atoms with Crippen molar-refractivity contribution in [3.05, 3.63) is 59.0 Å². The zero-order valence-electron chi connectivity index (χ0n) is 14.7. The summed E-state index contributed by atoms with van der Waals surface area (Å²) in [4.78, 5) is 12.7. The minimum Gasteiger partial charge on any atom is -0.321 e. The number of hydrogen-bond acceptors (Lipinski definition) is 4. The van der Waals surface area contributed by atoms with Crippen molar-refractivity contribution in [1.29, 1.82) is 0 Å². The molecule has 1 N–H and O–H groups in total. The van der Waals surface area contributed by atoms with E-state index in [0.29, 0.717) is 16.0 Å². The molecular formula is C18H15F3N2O3S2. The number of carbonyl (C=O) groups is 1. The van der Waals surface area contributed by atoms with E-state index in [-0.39, 0.29) is 5.69 Å². The lowest BCUT2D eigenvalue weighted by molar-refractivity contribution is -0.137. The molecule has 1 heterocycles. The number of alkyl halides is 3. The van der Waals surface area contributed by atoms with E-state index in [9.17, 15) is 26.4 Å². The molecule has 0 aliphatic rings. The number of rotatable bonds is 4. The average molecular weight is 428 g/mol. The highest BCUT2D eigenvalue weighted by Gasteiger charge is 2.30. The molecule has 0 aliphatic heterocycles. The molecule has 1 amide bonds. The predicted molar refractivity (Wildman–Crippen MR) is 104 cm³/mol. The molecule has 10 heteroatoms. The summed E-state index contributed by atoms with van der Waals surface area (Å²) >= 11 is 1.16. The summed E-state index contributed by atoms with van der Waals surface area (Å²) in [6, 6.07) is 10.9. The molecule has 0 bridgehead atoms. The first-order valence-corrected chi connectivity index (χ1v) is 10.6. The molecule has 148 valence electrons. The second-order valence-corrected chi connectivity index (χ2v) is 9.19. The summed E-state index contributed by atoms with van der Waals surface area (Å²) in [5.74, 6) is -0.543. The molecule has 3 aromatic rings. The first-order valence-electron chi connectivity index (χ1n) is 7.91. The van der Waals surface area contributed by atoms with E-state index in [2.05, 4.69) is 5.32 Å². The standard InChI is InChI=1S/C18H15F3N2O3S2/c1-23(28(2,25)26)14-6-7-15-11(8-14)9-16(27-15)17(24)22-13-5-3-4-12(10-13)18(19,20)21/h3-10H,1-2H3,(H,22,24). The number of nitrogens with one attached hydrogen (secondary N) is 1. The van der Waals surface area contributed by atoms with Gasteiger partial charge in [0.15, 0.2) is 0 Å². The van der Waals surface area contributed by atoms with Crippen LogP contribution in [0.4, 0.5) is 24.5 Å². The lowest BCUT2D eigenvalue weighted by Crippen LogP contribution is -2.24. The number of amides is 1. The maximum atomic E-state index is 12.8. The van der Waals surface area contributed by atoms with E-state index in [4.69, 9.17) is 0 Å². The summed E-state index contributed by atoms with van der Waals surface area (Å²) in [5, 5.41) is 3.12. The lowest BCUT2D eigenvalue weighted by atomic mass is 10.2. The minimum absolute atomic E-state index is 0.0368. The fraction of sp³-hybridized carbons (Fsp3) is 0.167. The number of benzene rings is 2. The molecule has 0 radical (unpaired) electrons. The Kier molecular flexibility index (Phi) is 5.11. The smallest absolute Gasteiger partial charge is 0.321 e. The van der Waals surface area contributed by atoms with E-state index in [1.54, 1.807) is 24.3 Å². The number of halogens is 3.